The molecule has 0 aromatic heterocycles. The van der Waals surface area contributed by atoms with Crippen molar-refractivity contribution in [1.29, 1.82) is 0 Å². The second kappa shape index (κ2) is 7.58. The van der Waals surface area contributed by atoms with Crippen molar-refractivity contribution < 1.29 is 29.7 Å². The summed E-state index contributed by atoms with van der Waals surface area (Å²) in [5.41, 5.74) is 4.00. The first-order valence-electron chi connectivity index (χ1n) is 4.66. The highest BCUT2D eigenvalue weighted by atomic mass is 16.4. The van der Waals surface area contributed by atoms with Crippen molar-refractivity contribution in [1.82, 2.24) is 5.32 Å². The molecule has 0 spiro atoms. The van der Waals surface area contributed by atoms with Crippen molar-refractivity contribution in [2.45, 2.75) is 31.8 Å². The summed E-state index contributed by atoms with van der Waals surface area (Å²) >= 11 is 0. The smallest absolute Gasteiger partial charge is 0.323 e. The largest absolute Gasteiger partial charge is 0.481 e. The van der Waals surface area contributed by atoms with E-state index in [9.17, 15) is 14.4 Å². The second-order valence-electron chi connectivity index (χ2n) is 3.80. The Bertz CT molecular complexity index is 284. The number of hydrogen-bond acceptors (Lipinski definition) is 5. The normalized spacial score (nSPS) is 12.0. The first-order chi connectivity index (χ1) is 7.52. The molecule has 0 aliphatic carbocycles. The minimum Gasteiger partial charge on any atom is -0.481 e. The first-order valence-corrected chi connectivity index (χ1v) is 4.66. The zero-order valence-corrected chi connectivity index (χ0v) is 9.93. The van der Waals surface area contributed by atoms with E-state index < -0.39 is 35.9 Å². The molecule has 0 aliphatic rings. The maximum absolute atomic E-state index is 10.1. The summed E-state index contributed by atoms with van der Waals surface area (Å²) in [6, 6.07) is -0.988. The second-order valence-corrected chi connectivity index (χ2v) is 3.80. The molecular weight excluding hydrogens is 232 g/mol. The molecule has 0 amide bonds. The lowest BCUT2D eigenvalue weighted by atomic mass is 10.1. The molecule has 0 rings (SSSR count). The quantitative estimate of drug-likeness (QED) is 0.414. The third-order valence-corrected chi connectivity index (χ3v) is 1.58. The van der Waals surface area contributed by atoms with Gasteiger partial charge in [0.2, 0.25) is 0 Å². The van der Waals surface area contributed by atoms with Crippen LogP contribution in [0.5, 0.6) is 0 Å². The lowest BCUT2D eigenvalue weighted by Crippen LogP contribution is -2.41. The summed E-state index contributed by atoms with van der Waals surface area (Å²) in [4.78, 5) is 30.0. The standard InChI is InChI=1S/C5H9NO4.C4H9NO2/c1-6-3(5(9)10)2-4(7)8;1-4(2,5)3(6)7/h3,6H,2H2,1H3,(H,7,8)(H,9,10);5H2,1-2H3,(H,6,7)/t3-;/m0./s1. The van der Waals surface area contributed by atoms with E-state index in [2.05, 4.69) is 5.32 Å². The zero-order valence-electron chi connectivity index (χ0n) is 9.93. The van der Waals surface area contributed by atoms with Gasteiger partial charge in [0.25, 0.3) is 0 Å². The molecule has 8 heteroatoms. The number of nitrogens with two attached hydrogens (primary N) is 1. The molecule has 0 aliphatic heterocycles. The van der Waals surface area contributed by atoms with Crippen LogP contribution in [0.2, 0.25) is 0 Å². The van der Waals surface area contributed by atoms with Crippen LogP contribution in [0.25, 0.3) is 0 Å². The van der Waals surface area contributed by atoms with Gasteiger partial charge in [-0.3, -0.25) is 14.4 Å². The van der Waals surface area contributed by atoms with Crippen LogP contribution in [0.3, 0.4) is 0 Å². The van der Waals surface area contributed by atoms with Crippen LogP contribution < -0.4 is 11.1 Å². The zero-order chi connectivity index (χ0) is 14.2. The molecule has 8 nitrogen and oxygen atoms in total. The Morgan fingerprint density at radius 1 is 1.24 bits per heavy atom. The van der Waals surface area contributed by atoms with Crippen molar-refractivity contribution >= 4 is 17.9 Å². The van der Waals surface area contributed by atoms with E-state index in [1.807, 2.05) is 0 Å². The van der Waals surface area contributed by atoms with Gasteiger partial charge in [-0.15, -0.1) is 0 Å². The third-order valence-electron chi connectivity index (χ3n) is 1.58. The predicted molar refractivity (Wildman–Crippen MR) is 58.6 cm³/mol. The highest BCUT2D eigenvalue weighted by Crippen LogP contribution is 1.93. The molecule has 0 saturated heterocycles. The van der Waals surface area contributed by atoms with E-state index >= 15 is 0 Å². The predicted octanol–water partition coefficient (Wildman–Crippen LogP) is -1.06. The first kappa shape index (κ1) is 17.7. The van der Waals surface area contributed by atoms with Crippen LogP contribution in [-0.2, 0) is 14.4 Å². The highest BCUT2D eigenvalue weighted by molar-refractivity contribution is 5.80. The van der Waals surface area contributed by atoms with Crippen LogP contribution in [0.4, 0.5) is 0 Å². The summed E-state index contributed by atoms with van der Waals surface area (Å²) in [5, 5.41) is 26.9. The van der Waals surface area contributed by atoms with Crippen molar-refractivity contribution in [2.75, 3.05) is 7.05 Å². The van der Waals surface area contributed by atoms with Gasteiger partial charge in [-0.2, -0.15) is 0 Å². The SMILES string of the molecule is CC(C)(N)C(=O)O.CN[C@@H](CC(=O)O)C(=O)O. The Balaban J connectivity index is 0. The molecule has 100 valence electrons. The molecule has 0 heterocycles. The van der Waals surface area contributed by atoms with Gasteiger partial charge in [-0.1, -0.05) is 0 Å². The van der Waals surface area contributed by atoms with E-state index in [0.29, 0.717) is 0 Å². The number of carboxylic acid groups (broad SMARTS) is 3. The lowest BCUT2D eigenvalue weighted by Gasteiger charge is -2.09. The van der Waals surface area contributed by atoms with Gasteiger partial charge < -0.3 is 26.4 Å². The average Bonchev–Trinajstić information content (AvgIpc) is 2.12. The van der Waals surface area contributed by atoms with Crippen LogP contribution in [0, 0.1) is 0 Å². The Hall–Kier alpha value is -1.67. The van der Waals surface area contributed by atoms with Crippen molar-refractivity contribution in [3.05, 3.63) is 0 Å². The summed E-state index contributed by atoms with van der Waals surface area (Å²) in [5.74, 6) is -3.25. The van der Waals surface area contributed by atoms with Gasteiger partial charge >= 0.3 is 17.9 Å². The van der Waals surface area contributed by atoms with Crippen LogP contribution in [0.1, 0.15) is 20.3 Å². The summed E-state index contributed by atoms with van der Waals surface area (Å²) in [7, 11) is 1.40. The molecule has 6 N–H and O–H groups in total. The number of rotatable bonds is 5. The fourth-order valence-electron chi connectivity index (χ4n) is 0.487. The maximum Gasteiger partial charge on any atom is 0.323 e. The monoisotopic (exact) mass is 250 g/mol. The maximum atomic E-state index is 10.1. The van der Waals surface area contributed by atoms with Gasteiger partial charge in [-0.05, 0) is 20.9 Å². The number of nitrogens with one attached hydrogen (secondary N) is 1. The van der Waals surface area contributed by atoms with Crippen molar-refractivity contribution in [2.24, 2.45) is 5.73 Å². The Morgan fingerprint density at radius 2 is 1.59 bits per heavy atom. The summed E-state index contributed by atoms with van der Waals surface area (Å²) < 4.78 is 0. The molecule has 0 radical (unpaired) electrons. The average molecular weight is 250 g/mol. The van der Waals surface area contributed by atoms with Crippen LogP contribution in [0.15, 0.2) is 0 Å². The van der Waals surface area contributed by atoms with Gasteiger partial charge in [0.15, 0.2) is 0 Å². The minimum absolute atomic E-state index is 0.397. The number of carbonyl (C=O) groups is 3. The van der Waals surface area contributed by atoms with Gasteiger partial charge in [0.05, 0.1) is 6.42 Å². The van der Waals surface area contributed by atoms with E-state index in [-0.39, 0.29) is 0 Å². The molecule has 0 saturated carbocycles. The van der Waals surface area contributed by atoms with Crippen molar-refractivity contribution in [3.63, 3.8) is 0 Å². The van der Waals surface area contributed by atoms with Crippen LogP contribution in [-0.4, -0.2) is 51.9 Å². The van der Waals surface area contributed by atoms with Gasteiger partial charge in [0.1, 0.15) is 11.6 Å². The molecule has 0 bridgehead atoms. The topological polar surface area (TPSA) is 150 Å². The minimum atomic E-state index is -1.15. The number of carboxylic acids is 3. The van der Waals surface area contributed by atoms with E-state index in [4.69, 9.17) is 21.1 Å². The fraction of sp³-hybridized carbons (Fsp3) is 0.667. The van der Waals surface area contributed by atoms with Gasteiger partial charge in [-0.25, -0.2) is 0 Å². The van der Waals surface area contributed by atoms with E-state index in [0.717, 1.165) is 0 Å². The van der Waals surface area contributed by atoms with Crippen LogP contribution >= 0.6 is 0 Å². The van der Waals surface area contributed by atoms with Gasteiger partial charge in [0, 0.05) is 0 Å². The summed E-state index contributed by atoms with van der Waals surface area (Å²) in [6.45, 7) is 2.88. The lowest BCUT2D eigenvalue weighted by molar-refractivity contribution is -0.145. The Labute approximate surface area is 98.4 Å². The molecule has 0 aromatic carbocycles. The molecule has 0 aromatic rings. The Morgan fingerprint density at radius 3 is 1.65 bits per heavy atom. The molecular formula is C9H18N2O6. The summed E-state index contributed by atoms with van der Waals surface area (Å²) in [6.07, 6.45) is -0.397. The molecule has 17 heavy (non-hydrogen) atoms. The van der Waals surface area contributed by atoms with E-state index in [1.54, 1.807) is 0 Å². The van der Waals surface area contributed by atoms with E-state index in [1.165, 1.54) is 20.9 Å². The Kier molecular flexibility index (Phi) is 7.90. The fourth-order valence-corrected chi connectivity index (χ4v) is 0.487. The molecule has 0 unspecified atom stereocenters. The molecule has 1 atom stereocenters. The third kappa shape index (κ3) is 10.6. The number of aliphatic carboxylic acids is 3. The highest BCUT2D eigenvalue weighted by Gasteiger charge is 2.19. The molecule has 0 fully saturated rings. The number of hydrogen-bond donors (Lipinski definition) is 5. The van der Waals surface area contributed by atoms with Crippen molar-refractivity contribution in [3.8, 4) is 0 Å². The number of likely N-dealkylation sites (N-methyl/N-ethyl adjacent to an activating group) is 1.